The molecule has 0 saturated carbocycles. The van der Waals surface area contributed by atoms with Crippen molar-refractivity contribution in [2.24, 2.45) is 0 Å². The molecular weight excluding hydrogens is 207 g/mol. The molecule has 1 nitrogen and oxygen atoms in total. The molecule has 0 aliphatic heterocycles. The zero-order valence-electron chi connectivity index (χ0n) is 4.83. The Morgan fingerprint density at radius 3 is 0.833 bits per heavy atom. The Kier molecular flexibility index (Phi) is 456. The standard InChI is InChI=1S/2CH5Si.Cd.H3N/c2*1-2;;/h2*2H2,1H3;;1H3/q2*-1;+2;. The molecule has 0 aromatic carbocycles. The second kappa shape index (κ2) is 103. The predicted molar refractivity (Wildman–Crippen MR) is 33.8 cm³/mol. The minimum atomic E-state index is 0. The summed E-state index contributed by atoms with van der Waals surface area (Å²) in [6, 6.07) is 0. The van der Waals surface area contributed by atoms with Gasteiger partial charge in [-0.3, -0.25) is 0 Å². The van der Waals surface area contributed by atoms with Crippen molar-refractivity contribution in [1.82, 2.24) is 6.15 Å². The van der Waals surface area contributed by atoms with Gasteiger partial charge in [0, 0.05) is 0 Å². The van der Waals surface area contributed by atoms with Crippen molar-refractivity contribution in [3.63, 3.8) is 0 Å². The summed E-state index contributed by atoms with van der Waals surface area (Å²) >= 11 is 0. The minimum absolute atomic E-state index is 0. The number of rotatable bonds is 0. The molecule has 0 aliphatic carbocycles. The zero-order valence-corrected chi connectivity index (χ0v) is 11.7. The first kappa shape index (κ1) is 26.5. The summed E-state index contributed by atoms with van der Waals surface area (Å²) in [5, 5.41) is 0. The SMILES string of the molecule is C[SiH2-].C[SiH2-].N.[Cd+2]. The van der Waals surface area contributed by atoms with E-state index in [1.807, 2.05) is 33.6 Å². The van der Waals surface area contributed by atoms with Gasteiger partial charge in [0.1, 0.15) is 0 Å². The third kappa shape index (κ3) is 57.2. The fourth-order valence-corrected chi connectivity index (χ4v) is 0. The Hall–Kier alpha value is 1.32. The Morgan fingerprint density at radius 2 is 0.833 bits per heavy atom. The van der Waals surface area contributed by atoms with Gasteiger partial charge in [-0.2, -0.15) is 13.1 Å². The fourth-order valence-electron chi connectivity index (χ4n) is 0. The van der Waals surface area contributed by atoms with Gasteiger partial charge in [-0.1, -0.05) is 0 Å². The number of hydrogen-bond acceptors (Lipinski definition) is 1. The molecule has 0 aromatic rings. The summed E-state index contributed by atoms with van der Waals surface area (Å²) in [5.74, 6) is 0. The van der Waals surface area contributed by atoms with Gasteiger partial charge in [-0.05, 0) is 0 Å². The molecule has 0 radical (unpaired) electrons. The summed E-state index contributed by atoms with van der Waals surface area (Å²) < 4.78 is 0. The van der Waals surface area contributed by atoms with Crippen LogP contribution in [0.25, 0.3) is 0 Å². The first-order chi connectivity index (χ1) is 2.00. The monoisotopic (exact) mass is 221 g/mol. The Morgan fingerprint density at radius 1 is 0.833 bits per heavy atom. The molecule has 4 heteroatoms. The van der Waals surface area contributed by atoms with Crippen molar-refractivity contribution in [2.45, 2.75) is 13.1 Å². The molecule has 0 spiro atoms. The van der Waals surface area contributed by atoms with Crippen molar-refractivity contribution >= 4 is 20.5 Å². The van der Waals surface area contributed by atoms with Gasteiger partial charge in [0.2, 0.25) is 0 Å². The molecule has 0 bridgehead atoms. The van der Waals surface area contributed by atoms with Crippen LogP contribution in [0.4, 0.5) is 0 Å². The van der Waals surface area contributed by atoms with Crippen molar-refractivity contribution < 1.29 is 27.3 Å². The van der Waals surface area contributed by atoms with Crippen LogP contribution in [-0.2, 0) is 27.3 Å². The molecule has 0 atom stereocenters. The van der Waals surface area contributed by atoms with E-state index in [0.29, 0.717) is 0 Å². The molecule has 0 fully saturated rings. The molecule has 0 saturated heterocycles. The van der Waals surface area contributed by atoms with Crippen LogP contribution in [0.3, 0.4) is 0 Å². The van der Waals surface area contributed by atoms with Crippen LogP contribution in [0.15, 0.2) is 0 Å². The maximum Gasteiger partial charge on any atom is 2.00 e. The van der Waals surface area contributed by atoms with E-state index >= 15 is 0 Å². The van der Waals surface area contributed by atoms with Gasteiger partial charge in [0.25, 0.3) is 0 Å². The normalized spacial score (nSPS) is 2.00. The van der Waals surface area contributed by atoms with Crippen LogP contribution < -0.4 is 6.15 Å². The van der Waals surface area contributed by atoms with Crippen LogP contribution >= 0.6 is 0 Å². The topological polar surface area (TPSA) is 35.0 Å². The van der Waals surface area contributed by atoms with E-state index in [1.54, 1.807) is 0 Å². The van der Waals surface area contributed by atoms with Crippen LogP contribution in [0.2, 0.25) is 13.1 Å². The largest absolute Gasteiger partial charge is 2.00 e. The average molecular weight is 220 g/mol. The van der Waals surface area contributed by atoms with E-state index in [2.05, 4.69) is 0 Å². The Labute approximate surface area is 66.9 Å². The van der Waals surface area contributed by atoms with Gasteiger partial charge >= 0.3 is 27.3 Å². The molecule has 0 amide bonds. The quantitative estimate of drug-likeness (QED) is 0.548. The first-order valence-electron chi connectivity index (χ1n) is 1.41. The van der Waals surface area contributed by atoms with Crippen molar-refractivity contribution in [2.75, 3.05) is 0 Å². The number of hydrogen-bond donors (Lipinski definition) is 1. The summed E-state index contributed by atoms with van der Waals surface area (Å²) in [4.78, 5) is 0. The molecule has 0 aliphatic rings. The average Bonchev–Trinajstić information content (AvgIpc) is 1.50. The molecular formula is C2H13CdNSi2. The van der Waals surface area contributed by atoms with Crippen LogP contribution in [0.1, 0.15) is 0 Å². The second-order valence-corrected chi connectivity index (χ2v) is 0. The maximum atomic E-state index is 2.03. The molecule has 0 rings (SSSR count). The molecule has 0 heterocycles. The smallest absolute Gasteiger partial charge is 0.344 e. The Bertz CT molecular complexity index is 11.5. The molecule has 6 heavy (non-hydrogen) atoms. The van der Waals surface area contributed by atoms with Gasteiger partial charge < -0.3 is 26.6 Å². The molecule has 0 unspecified atom stereocenters. The van der Waals surface area contributed by atoms with Gasteiger partial charge in [-0.15, -0.1) is 0 Å². The van der Waals surface area contributed by atoms with Crippen LogP contribution in [0, 0.1) is 0 Å². The van der Waals surface area contributed by atoms with E-state index in [1.165, 1.54) is 0 Å². The van der Waals surface area contributed by atoms with E-state index in [-0.39, 0.29) is 33.4 Å². The summed E-state index contributed by atoms with van der Waals surface area (Å²) in [7, 11) is 3.72. The third-order valence-corrected chi connectivity index (χ3v) is 0. The minimum Gasteiger partial charge on any atom is -0.344 e. The Balaban J connectivity index is -0.00000000500. The van der Waals surface area contributed by atoms with Crippen molar-refractivity contribution in [1.29, 1.82) is 0 Å². The maximum absolute atomic E-state index is 2.03. The predicted octanol–water partition coefficient (Wildman–Crippen LogP) is -0.505. The van der Waals surface area contributed by atoms with E-state index in [4.69, 9.17) is 0 Å². The summed E-state index contributed by atoms with van der Waals surface area (Å²) in [6.45, 7) is 4.06. The third-order valence-electron chi connectivity index (χ3n) is 0. The molecule has 0 aromatic heterocycles. The van der Waals surface area contributed by atoms with E-state index in [9.17, 15) is 0 Å². The van der Waals surface area contributed by atoms with Crippen molar-refractivity contribution in [3.8, 4) is 0 Å². The van der Waals surface area contributed by atoms with Crippen LogP contribution in [0.5, 0.6) is 0 Å². The van der Waals surface area contributed by atoms with E-state index < -0.39 is 0 Å². The summed E-state index contributed by atoms with van der Waals surface area (Å²) in [6.07, 6.45) is 0. The molecule has 36 valence electrons. The molecule has 3 N–H and O–H groups in total. The first-order valence-corrected chi connectivity index (χ1v) is 4.24. The van der Waals surface area contributed by atoms with Gasteiger partial charge in [-0.25, -0.2) is 0 Å². The van der Waals surface area contributed by atoms with Crippen LogP contribution in [-0.4, -0.2) is 20.5 Å². The summed E-state index contributed by atoms with van der Waals surface area (Å²) in [5.41, 5.74) is 0. The van der Waals surface area contributed by atoms with Gasteiger partial charge in [0.05, 0.1) is 0 Å². The van der Waals surface area contributed by atoms with Gasteiger partial charge in [0.15, 0.2) is 0 Å². The van der Waals surface area contributed by atoms with E-state index in [0.717, 1.165) is 0 Å². The van der Waals surface area contributed by atoms with Crippen molar-refractivity contribution in [3.05, 3.63) is 0 Å². The zero-order chi connectivity index (χ0) is 4.00. The fraction of sp³-hybridized carbons (Fsp3) is 1.00. The second-order valence-electron chi connectivity index (χ2n) is 0.